The van der Waals surface area contributed by atoms with E-state index in [0.717, 1.165) is 0 Å². The Kier molecular flexibility index (Phi) is 16.0. The van der Waals surface area contributed by atoms with E-state index in [4.69, 9.17) is 0 Å². The van der Waals surface area contributed by atoms with Gasteiger partial charge in [-0.1, -0.05) is 72.9 Å². The number of hydrogen-bond acceptors (Lipinski definition) is 9. The van der Waals surface area contributed by atoms with Crippen LogP contribution in [0.2, 0.25) is 4.44 Å². The molecular weight excluding hydrogens is 635 g/mol. The molecular formula is C27H34O6S3Sn. The number of hydrogen-bond donors (Lipinski definition) is 3. The first kappa shape index (κ1) is 35.7. The first-order chi connectivity index (χ1) is 17.0. The molecule has 0 aliphatic heterocycles. The Morgan fingerprint density at radius 2 is 0.865 bits per heavy atom. The summed E-state index contributed by atoms with van der Waals surface area (Å²) in [6.45, 7) is 7.44. The van der Waals surface area contributed by atoms with E-state index in [2.05, 4.69) is 44.8 Å². The second-order valence-electron chi connectivity index (χ2n) is 9.05. The maximum absolute atomic E-state index is 10.5. The molecule has 0 radical (unpaired) electrons. The molecule has 3 aliphatic carbocycles. The van der Waals surface area contributed by atoms with Gasteiger partial charge in [-0.05, 0) is 20.8 Å². The molecule has 0 fully saturated rings. The molecule has 0 heterocycles. The van der Waals surface area contributed by atoms with Gasteiger partial charge in [0.05, 0.1) is 0 Å². The molecule has 0 bridgehead atoms. The van der Waals surface area contributed by atoms with Crippen LogP contribution in [0.25, 0.3) is 0 Å². The van der Waals surface area contributed by atoms with Gasteiger partial charge in [-0.25, -0.2) is 0 Å². The first-order valence-corrected chi connectivity index (χ1v) is 14.9. The number of carboxylic acids is 3. The molecule has 0 aromatic rings. The topological polar surface area (TPSA) is 120 Å². The third-order valence-electron chi connectivity index (χ3n) is 5.45. The van der Waals surface area contributed by atoms with Crippen LogP contribution in [0.15, 0.2) is 72.9 Å². The summed E-state index contributed by atoms with van der Waals surface area (Å²) in [4.78, 5) is 31.6. The van der Waals surface area contributed by atoms with Crippen molar-refractivity contribution in [2.24, 2.45) is 17.8 Å². The maximum atomic E-state index is 10.5. The Morgan fingerprint density at radius 1 is 0.649 bits per heavy atom. The number of carboxylic acid groups (broad SMARTS) is 3. The van der Waals surface area contributed by atoms with Crippen LogP contribution in [-0.2, 0) is 14.4 Å². The summed E-state index contributed by atoms with van der Waals surface area (Å²) in [5.74, 6) is -5.13. The number of carbonyl (C=O) groups is 3. The molecule has 0 saturated heterocycles. The van der Waals surface area contributed by atoms with E-state index >= 15 is 0 Å². The number of allylic oxidation sites excluding steroid dienone is 6. The van der Waals surface area contributed by atoms with Gasteiger partial charge in [-0.15, -0.1) is 0 Å². The van der Waals surface area contributed by atoms with E-state index in [9.17, 15) is 29.7 Å². The van der Waals surface area contributed by atoms with Crippen molar-refractivity contribution in [2.45, 2.75) is 52.8 Å². The van der Waals surface area contributed by atoms with Gasteiger partial charge >= 0.3 is 40.3 Å². The van der Waals surface area contributed by atoms with Crippen molar-refractivity contribution in [1.29, 1.82) is 0 Å². The van der Waals surface area contributed by atoms with Gasteiger partial charge < -0.3 is 29.7 Å². The Balaban J connectivity index is 0.000000490. The molecule has 37 heavy (non-hydrogen) atoms. The average Bonchev–Trinajstić information content (AvgIpc) is 2.78. The molecule has 200 valence electrons. The Bertz CT molecular complexity index is 840. The molecule has 3 aliphatic rings. The van der Waals surface area contributed by atoms with Crippen molar-refractivity contribution in [2.75, 3.05) is 0 Å². The quantitative estimate of drug-likeness (QED) is 0.309. The van der Waals surface area contributed by atoms with Gasteiger partial charge in [0.1, 0.15) is 0 Å². The molecule has 6 nitrogen and oxygen atoms in total. The van der Waals surface area contributed by atoms with Crippen molar-refractivity contribution in [1.82, 2.24) is 0 Å². The molecule has 0 spiro atoms. The van der Waals surface area contributed by atoms with Crippen LogP contribution >= 0.6 is 37.9 Å². The molecule has 0 N–H and O–H groups in total. The normalized spacial score (nSPS) is 32.6. The molecule has 6 atom stereocenters. The fraction of sp³-hybridized carbons (Fsp3) is 0.444. The molecule has 3 rings (SSSR count). The minimum atomic E-state index is -1.08. The van der Waals surface area contributed by atoms with Crippen molar-refractivity contribution >= 4 is 78.3 Å². The van der Waals surface area contributed by atoms with Gasteiger partial charge in [0.25, 0.3) is 0 Å². The molecule has 0 saturated carbocycles. The zero-order valence-electron chi connectivity index (χ0n) is 21.4. The van der Waals surface area contributed by atoms with Crippen molar-refractivity contribution in [3.05, 3.63) is 72.9 Å². The van der Waals surface area contributed by atoms with E-state index in [1.54, 1.807) is 116 Å². The zero-order valence-corrected chi connectivity index (χ0v) is 26.9. The fourth-order valence-corrected chi connectivity index (χ4v) is 3.96. The summed E-state index contributed by atoms with van der Waals surface area (Å²) >= 11 is 14.2. The monoisotopic (exact) mass is 670 g/mol. The van der Waals surface area contributed by atoms with Crippen LogP contribution in [0.3, 0.4) is 0 Å². The van der Waals surface area contributed by atoms with Crippen molar-refractivity contribution < 1.29 is 29.7 Å². The third-order valence-corrected chi connectivity index (χ3v) is 8.15. The number of thiol groups is 3. The summed E-state index contributed by atoms with van der Waals surface area (Å²) in [5, 5.41) is 31.6. The summed E-state index contributed by atoms with van der Waals surface area (Å²) in [6.07, 6.45) is 21.8. The number of carbonyl (C=O) groups excluding carboxylic acids is 3. The van der Waals surface area contributed by atoms with E-state index in [1.807, 2.05) is 0 Å². The second kappa shape index (κ2) is 16.6. The van der Waals surface area contributed by atoms with E-state index in [0.29, 0.717) is 0 Å². The van der Waals surface area contributed by atoms with Crippen molar-refractivity contribution in [3.8, 4) is 0 Å². The Morgan fingerprint density at radius 3 is 0.973 bits per heavy atom. The fourth-order valence-electron chi connectivity index (χ4n) is 3.12. The van der Waals surface area contributed by atoms with Crippen LogP contribution in [-0.4, -0.2) is 54.7 Å². The van der Waals surface area contributed by atoms with Crippen LogP contribution in [0.1, 0.15) is 34.1 Å². The zero-order chi connectivity index (χ0) is 28.9. The molecule has 0 aromatic heterocycles. The minimum absolute atomic E-state index is 0.617. The summed E-state index contributed by atoms with van der Waals surface area (Å²) in [6, 6.07) is 0. The van der Waals surface area contributed by atoms with Gasteiger partial charge in [-0.2, -0.15) is 37.9 Å². The molecule has 0 aromatic carbocycles. The average molecular weight is 669 g/mol. The van der Waals surface area contributed by atoms with Crippen LogP contribution in [0, 0.1) is 17.8 Å². The standard InChI is InChI=1S/3C8H10O2S.C3H7.Sn/c3*1-8(11)5-3-2-4-6(8)7(9)10;1-3-2;/h3*2-6,11H,1H3,(H,9,10);1,3H2,2H3;/q;;;;+3/p-3. The van der Waals surface area contributed by atoms with E-state index in [1.165, 1.54) is 10.9 Å². The first-order valence-electron chi connectivity index (χ1n) is 11.6. The van der Waals surface area contributed by atoms with E-state index < -0.39 is 49.9 Å². The summed E-state index contributed by atoms with van der Waals surface area (Å²) in [7, 11) is 0. The third kappa shape index (κ3) is 12.9. The summed E-state index contributed by atoms with van der Waals surface area (Å²) < 4.78 is -0.443. The molecule has 6 unspecified atom stereocenters. The SMILES string of the molecule is CC1(S)C=CC=CC1C(=O)[O-].CC1(S)C=CC=CC1C(=O)[O-].CC1(S)C=CC=CC1C(=O)[O-].CC[CH2][Sn+3]. The number of rotatable bonds is 4. The van der Waals surface area contributed by atoms with E-state index in [-0.39, 0.29) is 0 Å². The van der Waals surface area contributed by atoms with Crippen LogP contribution in [0.5, 0.6) is 0 Å². The van der Waals surface area contributed by atoms with Crippen LogP contribution < -0.4 is 15.3 Å². The van der Waals surface area contributed by atoms with Gasteiger partial charge in [0, 0.05) is 49.9 Å². The Labute approximate surface area is 250 Å². The molecule has 0 amide bonds. The summed E-state index contributed by atoms with van der Waals surface area (Å²) in [5.41, 5.74) is 0. The van der Waals surface area contributed by atoms with Gasteiger partial charge in [-0.3, -0.25) is 0 Å². The predicted molar refractivity (Wildman–Crippen MR) is 153 cm³/mol. The Hall–Kier alpha value is -1.30. The predicted octanol–water partition coefficient (Wildman–Crippen LogP) is 1.48. The van der Waals surface area contributed by atoms with Crippen LogP contribution in [0.4, 0.5) is 0 Å². The van der Waals surface area contributed by atoms with Gasteiger partial charge in [0.2, 0.25) is 0 Å². The van der Waals surface area contributed by atoms with Gasteiger partial charge in [0.15, 0.2) is 0 Å². The van der Waals surface area contributed by atoms with Crippen molar-refractivity contribution in [3.63, 3.8) is 0 Å². The second-order valence-corrected chi connectivity index (χ2v) is 13.4. The number of aliphatic carboxylic acids is 3. The molecule has 10 heteroatoms.